The minimum absolute atomic E-state index is 0.316. The zero-order chi connectivity index (χ0) is 9.97. The Kier molecular flexibility index (Phi) is 2.13. The van der Waals surface area contributed by atoms with E-state index in [1.165, 1.54) is 0 Å². The molecule has 2 rings (SSSR count). The van der Waals surface area contributed by atoms with E-state index in [1.807, 2.05) is 24.3 Å². The lowest BCUT2D eigenvalue weighted by Crippen LogP contribution is -2.26. The van der Waals surface area contributed by atoms with Gasteiger partial charge in [-0.2, -0.15) is 4.79 Å². The van der Waals surface area contributed by atoms with E-state index >= 15 is 0 Å². The summed E-state index contributed by atoms with van der Waals surface area (Å²) in [6, 6.07) is 7.48. The van der Waals surface area contributed by atoms with Gasteiger partial charge in [-0.25, -0.2) is 0 Å². The van der Waals surface area contributed by atoms with Crippen LogP contribution in [0.15, 0.2) is 24.3 Å². The number of rotatable bonds is 2. The zero-order valence-electron chi connectivity index (χ0n) is 7.38. The van der Waals surface area contributed by atoms with Gasteiger partial charge in [0, 0.05) is 6.42 Å². The van der Waals surface area contributed by atoms with Gasteiger partial charge >= 0.3 is 6.21 Å². The van der Waals surface area contributed by atoms with E-state index in [-0.39, 0.29) is 5.78 Å². The van der Waals surface area contributed by atoms with Crippen molar-refractivity contribution in [1.82, 2.24) is 0 Å². The van der Waals surface area contributed by atoms with Gasteiger partial charge in [-0.15, -0.1) is 0 Å². The second kappa shape index (κ2) is 3.44. The standard InChI is InChI=1S/C10H8N2O2/c11-12-6-8(13)10-5-7-3-1-2-4-9(7)14-10/h1-4,6,10H,5H2. The van der Waals surface area contributed by atoms with Crippen molar-refractivity contribution in [3.63, 3.8) is 0 Å². The molecule has 0 saturated heterocycles. The molecule has 1 aliphatic rings. The minimum atomic E-state index is -0.539. The van der Waals surface area contributed by atoms with Gasteiger partial charge in [0.1, 0.15) is 5.75 Å². The Bertz CT molecular complexity index is 397. The number of benzene rings is 1. The van der Waals surface area contributed by atoms with E-state index in [0.29, 0.717) is 6.42 Å². The summed E-state index contributed by atoms with van der Waals surface area (Å²) in [7, 11) is 0. The van der Waals surface area contributed by atoms with E-state index in [2.05, 4.69) is 4.79 Å². The summed E-state index contributed by atoms with van der Waals surface area (Å²) in [5.74, 6) is 0.417. The summed E-state index contributed by atoms with van der Waals surface area (Å²) >= 11 is 0. The van der Waals surface area contributed by atoms with Crippen molar-refractivity contribution in [3.05, 3.63) is 35.4 Å². The van der Waals surface area contributed by atoms with Crippen molar-refractivity contribution in [1.29, 1.82) is 0 Å². The van der Waals surface area contributed by atoms with Crippen LogP contribution in [0.4, 0.5) is 0 Å². The summed E-state index contributed by atoms with van der Waals surface area (Å²) < 4.78 is 5.37. The van der Waals surface area contributed by atoms with Crippen LogP contribution in [0.25, 0.3) is 5.53 Å². The molecule has 14 heavy (non-hydrogen) atoms. The number of Topliss-reactive ketones (excluding diaryl/α,β-unsaturated/α-hetero) is 1. The van der Waals surface area contributed by atoms with Crippen LogP contribution in [0, 0.1) is 0 Å². The Hall–Kier alpha value is -1.93. The number of ketones is 1. The van der Waals surface area contributed by atoms with Crippen molar-refractivity contribution in [2.75, 3.05) is 0 Å². The number of fused-ring (bicyclic) bond motifs is 1. The van der Waals surface area contributed by atoms with Gasteiger partial charge in [-0.05, 0) is 11.6 Å². The number of nitrogens with zero attached hydrogens (tertiary/aromatic N) is 2. The molecule has 0 spiro atoms. The van der Waals surface area contributed by atoms with Crippen molar-refractivity contribution in [2.24, 2.45) is 0 Å². The van der Waals surface area contributed by atoms with E-state index in [4.69, 9.17) is 10.3 Å². The van der Waals surface area contributed by atoms with Crippen LogP contribution in [-0.4, -0.2) is 22.9 Å². The molecule has 0 bridgehead atoms. The lowest BCUT2D eigenvalue weighted by atomic mass is 10.1. The second-order valence-electron chi connectivity index (χ2n) is 3.07. The largest absolute Gasteiger partial charge is 0.481 e. The van der Waals surface area contributed by atoms with E-state index < -0.39 is 6.10 Å². The molecule has 1 unspecified atom stereocenters. The van der Waals surface area contributed by atoms with Gasteiger partial charge < -0.3 is 10.3 Å². The molecule has 70 valence electrons. The molecule has 0 aromatic heterocycles. The maximum atomic E-state index is 11.3. The van der Waals surface area contributed by atoms with E-state index in [9.17, 15) is 4.79 Å². The van der Waals surface area contributed by atoms with Crippen LogP contribution >= 0.6 is 0 Å². The fourth-order valence-corrected chi connectivity index (χ4v) is 1.48. The molecule has 1 atom stereocenters. The summed E-state index contributed by atoms with van der Waals surface area (Å²) in [6.45, 7) is 0. The molecule has 4 nitrogen and oxygen atoms in total. The maximum absolute atomic E-state index is 11.3. The third-order valence-corrected chi connectivity index (χ3v) is 2.15. The monoisotopic (exact) mass is 188 g/mol. The van der Waals surface area contributed by atoms with E-state index in [1.54, 1.807) is 0 Å². The third-order valence-electron chi connectivity index (χ3n) is 2.15. The Morgan fingerprint density at radius 3 is 3.07 bits per heavy atom. The first-order valence-corrected chi connectivity index (χ1v) is 4.27. The van der Waals surface area contributed by atoms with Gasteiger partial charge in [-0.1, -0.05) is 18.2 Å². The summed E-state index contributed by atoms with van der Waals surface area (Å²) in [5, 5.41) is 0. The highest BCUT2D eigenvalue weighted by Gasteiger charge is 2.29. The Labute approximate surface area is 80.7 Å². The molecule has 0 saturated carbocycles. The Morgan fingerprint density at radius 1 is 1.57 bits per heavy atom. The zero-order valence-corrected chi connectivity index (χ0v) is 7.38. The number of hydrogen-bond donors (Lipinski definition) is 0. The highest BCUT2D eigenvalue weighted by Crippen LogP contribution is 2.27. The van der Waals surface area contributed by atoms with Gasteiger partial charge in [0.25, 0.3) is 5.78 Å². The predicted molar refractivity (Wildman–Crippen MR) is 49.3 cm³/mol. The quantitative estimate of drug-likeness (QED) is 0.392. The fourth-order valence-electron chi connectivity index (χ4n) is 1.48. The first-order chi connectivity index (χ1) is 6.81. The predicted octanol–water partition coefficient (Wildman–Crippen LogP) is 0.860. The molecular weight excluding hydrogens is 180 g/mol. The van der Waals surface area contributed by atoms with Crippen LogP contribution in [-0.2, 0) is 11.2 Å². The highest BCUT2D eigenvalue weighted by molar-refractivity contribution is 6.27. The number of ether oxygens (including phenoxy) is 1. The Balaban J connectivity index is 2.19. The number of carbonyl (C=O) groups is 1. The molecule has 0 N–H and O–H groups in total. The van der Waals surface area contributed by atoms with Gasteiger partial charge in [0.15, 0.2) is 6.10 Å². The first-order valence-electron chi connectivity index (χ1n) is 4.27. The average Bonchev–Trinajstić information content (AvgIpc) is 2.61. The summed E-state index contributed by atoms with van der Waals surface area (Å²) in [4.78, 5) is 14.0. The molecule has 0 amide bonds. The normalized spacial score (nSPS) is 17.9. The topological polar surface area (TPSA) is 62.7 Å². The molecule has 1 heterocycles. The van der Waals surface area contributed by atoms with Crippen LogP contribution < -0.4 is 4.74 Å². The van der Waals surface area contributed by atoms with Crippen molar-refractivity contribution in [2.45, 2.75) is 12.5 Å². The third kappa shape index (κ3) is 1.43. The first kappa shape index (κ1) is 8.66. The molecule has 0 aliphatic carbocycles. The molecule has 1 aromatic rings. The van der Waals surface area contributed by atoms with Crippen LogP contribution in [0.5, 0.6) is 5.75 Å². The molecule has 1 aromatic carbocycles. The van der Waals surface area contributed by atoms with Crippen LogP contribution in [0.3, 0.4) is 0 Å². The Morgan fingerprint density at radius 2 is 2.36 bits per heavy atom. The molecular formula is C10H8N2O2. The molecule has 0 radical (unpaired) electrons. The summed E-state index contributed by atoms with van der Waals surface area (Å²) in [6.07, 6.45) is 0.876. The smallest absolute Gasteiger partial charge is 0.327 e. The van der Waals surface area contributed by atoms with E-state index in [0.717, 1.165) is 17.5 Å². The highest BCUT2D eigenvalue weighted by atomic mass is 16.5. The minimum Gasteiger partial charge on any atom is -0.481 e. The second-order valence-corrected chi connectivity index (χ2v) is 3.07. The molecule has 1 aliphatic heterocycles. The number of hydrogen-bond acceptors (Lipinski definition) is 2. The van der Waals surface area contributed by atoms with Crippen molar-refractivity contribution < 1.29 is 14.3 Å². The van der Waals surface area contributed by atoms with Crippen molar-refractivity contribution in [3.8, 4) is 5.75 Å². The fraction of sp³-hybridized carbons (Fsp3) is 0.200. The molecule has 4 heteroatoms. The lowest BCUT2D eigenvalue weighted by molar-refractivity contribution is -0.121. The maximum Gasteiger partial charge on any atom is 0.327 e. The van der Waals surface area contributed by atoms with Gasteiger partial charge in [0.05, 0.1) is 0 Å². The van der Waals surface area contributed by atoms with Gasteiger partial charge in [0.2, 0.25) is 0 Å². The van der Waals surface area contributed by atoms with Crippen molar-refractivity contribution >= 4 is 12.0 Å². The van der Waals surface area contributed by atoms with Crippen LogP contribution in [0.1, 0.15) is 5.56 Å². The number of carbonyl (C=O) groups excluding carboxylic acids is 1. The molecule has 0 fully saturated rings. The number of para-hydroxylation sites is 1. The van der Waals surface area contributed by atoms with Crippen LogP contribution in [0.2, 0.25) is 0 Å². The summed E-state index contributed by atoms with van der Waals surface area (Å²) in [5.41, 5.74) is 9.22. The van der Waals surface area contributed by atoms with Gasteiger partial charge in [-0.3, -0.25) is 4.79 Å². The average molecular weight is 188 g/mol. The lowest BCUT2D eigenvalue weighted by Gasteiger charge is -2.02. The SMILES string of the molecule is [N-]=[N+]=CC(=O)C1Cc2ccccc2O1.